The number of ether oxygens (including phenoxy) is 1. The van der Waals surface area contributed by atoms with Gasteiger partial charge >= 0.3 is 0 Å². The van der Waals surface area contributed by atoms with Crippen molar-refractivity contribution < 1.29 is 19.1 Å². The number of hydrogen-bond acceptors (Lipinski definition) is 4. The van der Waals surface area contributed by atoms with Crippen LogP contribution in [0.25, 0.3) is 0 Å². The van der Waals surface area contributed by atoms with E-state index < -0.39 is 6.04 Å². The maximum Gasteiger partial charge on any atom is 0.253 e. The number of likely N-dealkylation sites (tertiary alicyclic amines) is 1. The van der Waals surface area contributed by atoms with Gasteiger partial charge in [-0.2, -0.15) is 0 Å². The molecule has 0 radical (unpaired) electrons. The summed E-state index contributed by atoms with van der Waals surface area (Å²) in [4.78, 5) is 40.3. The van der Waals surface area contributed by atoms with Gasteiger partial charge in [-0.05, 0) is 73.7 Å². The van der Waals surface area contributed by atoms with E-state index in [1.54, 1.807) is 60.5 Å². The second-order valence-corrected chi connectivity index (χ2v) is 8.54. The zero-order valence-corrected chi connectivity index (χ0v) is 19.7. The highest BCUT2D eigenvalue weighted by Gasteiger charge is 2.34. The Hall–Kier alpha value is -3.06. The number of benzene rings is 2. The van der Waals surface area contributed by atoms with Crippen molar-refractivity contribution in [2.24, 2.45) is 5.92 Å². The van der Waals surface area contributed by atoms with Crippen molar-refractivity contribution in [2.75, 3.05) is 26.7 Å². The van der Waals surface area contributed by atoms with Crippen molar-refractivity contribution in [1.29, 1.82) is 0 Å². The van der Waals surface area contributed by atoms with E-state index in [1.165, 1.54) is 0 Å². The fourth-order valence-corrected chi connectivity index (χ4v) is 4.06. The van der Waals surface area contributed by atoms with Crippen LogP contribution in [0.2, 0.25) is 5.02 Å². The molecule has 1 atom stereocenters. The molecule has 0 saturated carbocycles. The molecule has 0 aliphatic carbocycles. The fourth-order valence-electron chi connectivity index (χ4n) is 3.93. The Kier molecular flexibility index (Phi) is 8.72. The number of carbonyl (C=O) groups excluding carboxylic acids is 3. The molecule has 33 heavy (non-hydrogen) atoms. The molecule has 176 valence electrons. The highest BCUT2D eigenvalue weighted by molar-refractivity contribution is 6.30. The van der Waals surface area contributed by atoms with Crippen LogP contribution < -0.4 is 15.4 Å². The monoisotopic (exact) mass is 471 g/mol. The largest absolute Gasteiger partial charge is 0.497 e. The molecule has 2 N–H and O–H groups in total. The van der Waals surface area contributed by atoms with Crippen LogP contribution in [0.4, 0.5) is 0 Å². The van der Waals surface area contributed by atoms with E-state index in [1.807, 2.05) is 6.92 Å². The second-order valence-electron chi connectivity index (χ2n) is 8.11. The zero-order valence-electron chi connectivity index (χ0n) is 19.0. The summed E-state index contributed by atoms with van der Waals surface area (Å²) in [6.45, 7) is 3.55. The van der Waals surface area contributed by atoms with E-state index in [0.717, 1.165) is 6.42 Å². The first-order valence-corrected chi connectivity index (χ1v) is 11.6. The minimum atomic E-state index is -0.668. The molecule has 2 aromatic carbocycles. The van der Waals surface area contributed by atoms with E-state index in [4.69, 9.17) is 16.3 Å². The number of amides is 3. The Balaban J connectivity index is 1.66. The number of methoxy groups -OCH3 is 1. The van der Waals surface area contributed by atoms with Crippen LogP contribution in [0.3, 0.4) is 0 Å². The Morgan fingerprint density at radius 2 is 1.64 bits per heavy atom. The summed E-state index contributed by atoms with van der Waals surface area (Å²) in [6, 6.07) is 12.9. The van der Waals surface area contributed by atoms with Gasteiger partial charge in [0.1, 0.15) is 11.8 Å². The van der Waals surface area contributed by atoms with Gasteiger partial charge in [0.15, 0.2) is 0 Å². The van der Waals surface area contributed by atoms with E-state index in [-0.39, 0.29) is 23.6 Å². The predicted molar refractivity (Wildman–Crippen MR) is 128 cm³/mol. The van der Waals surface area contributed by atoms with Gasteiger partial charge in [0.05, 0.1) is 7.11 Å². The number of nitrogens with one attached hydrogen (secondary N) is 2. The third-order valence-electron chi connectivity index (χ3n) is 5.86. The van der Waals surface area contributed by atoms with Gasteiger partial charge in [-0.1, -0.05) is 18.5 Å². The molecule has 7 nitrogen and oxygen atoms in total. The van der Waals surface area contributed by atoms with Gasteiger partial charge in [-0.25, -0.2) is 0 Å². The number of rotatable bonds is 8. The van der Waals surface area contributed by atoms with Crippen LogP contribution in [-0.2, 0) is 4.79 Å². The average molecular weight is 472 g/mol. The third-order valence-corrected chi connectivity index (χ3v) is 6.11. The quantitative estimate of drug-likeness (QED) is 0.616. The van der Waals surface area contributed by atoms with Crippen molar-refractivity contribution >= 4 is 29.3 Å². The first-order valence-electron chi connectivity index (χ1n) is 11.2. The molecule has 3 rings (SSSR count). The molecule has 1 fully saturated rings. The minimum absolute atomic E-state index is 0.0561. The molecule has 0 aromatic heterocycles. The lowest BCUT2D eigenvalue weighted by Gasteiger charge is -2.36. The number of nitrogens with zero attached hydrogens (tertiary/aromatic N) is 1. The lowest BCUT2D eigenvalue weighted by molar-refractivity contribution is -0.124. The topological polar surface area (TPSA) is 87.7 Å². The highest BCUT2D eigenvalue weighted by Crippen LogP contribution is 2.23. The van der Waals surface area contributed by atoms with Crippen LogP contribution in [0.1, 0.15) is 46.9 Å². The summed E-state index contributed by atoms with van der Waals surface area (Å²) in [5.41, 5.74) is 1.04. The molecule has 0 spiro atoms. The molecule has 3 amide bonds. The van der Waals surface area contributed by atoms with E-state index in [0.29, 0.717) is 54.4 Å². The van der Waals surface area contributed by atoms with Gasteiger partial charge < -0.3 is 20.3 Å². The van der Waals surface area contributed by atoms with Gasteiger partial charge in [0.2, 0.25) is 5.91 Å². The highest BCUT2D eigenvalue weighted by atomic mass is 35.5. The molecule has 1 saturated heterocycles. The van der Waals surface area contributed by atoms with Crippen molar-refractivity contribution in [3.05, 3.63) is 64.7 Å². The third kappa shape index (κ3) is 6.48. The van der Waals surface area contributed by atoms with Crippen LogP contribution in [0.15, 0.2) is 48.5 Å². The van der Waals surface area contributed by atoms with E-state index >= 15 is 0 Å². The van der Waals surface area contributed by atoms with Crippen LogP contribution >= 0.6 is 11.6 Å². The smallest absolute Gasteiger partial charge is 0.253 e. The van der Waals surface area contributed by atoms with Crippen molar-refractivity contribution in [3.8, 4) is 5.75 Å². The Morgan fingerprint density at radius 3 is 2.21 bits per heavy atom. The van der Waals surface area contributed by atoms with Gasteiger partial charge in [-0.3, -0.25) is 14.4 Å². The Bertz CT molecular complexity index is 955. The fraction of sp³-hybridized carbons (Fsp3) is 0.400. The van der Waals surface area contributed by atoms with Crippen molar-refractivity contribution in [2.45, 2.75) is 32.2 Å². The van der Waals surface area contributed by atoms with Crippen LogP contribution in [-0.4, -0.2) is 55.4 Å². The Labute approximate surface area is 199 Å². The molecule has 0 bridgehead atoms. The molecule has 8 heteroatoms. The standard InChI is InChI=1S/C25H30ClN3O4/c1-3-14-27-24(31)22(28-23(30)18-6-10-21(33-2)11-7-18)17-12-15-29(16-13-17)25(32)19-4-8-20(26)9-5-19/h4-11,17,22H,3,12-16H2,1-2H3,(H,27,31)(H,28,30)/t22-/m1/s1. The first-order chi connectivity index (χ1) is 15.9. The summed E-state index contributed by atoms with van der Waals surface area (Å²) in [5, 5.41) is 6.41. The predicted octanol–water partition coefficient (Wildman–Crippen LogP) is 3.53. The van der Waals surface area contributed by atoms with E-state index in [2.05, 4.69) is 10.6 Å². The maximum atomic E-state index is 12.9. The number of hydrogen-bond donors (Lipinski definition) is 2. The van der Waals surface area contributed by atoms with Gasteiger partial charge in [0.25, 0.3) is 11.8 Å². The normalized spacial score (nSPS) is 14.9. The number of halogens is 1. The maximum absolute atomic E-state index is 12.9. The second kappa shape index (κ2) is 11.7. The Morgan fingerprint density at radius 1 is 1.03 bits per heavy atom. The number of piperidine rings is 1. The summed E-state index contributed by atoms with van der Waals surface area (Å²) in [6.07, 6.45) is 2.04. The van der Waals surface area contributed by atoms with Crippen LogP contribution in [0, 0.1) is 5.92 Å². The molecule has 1 heterocycles. The van der Waals surface area contributed by atoms with Crippen molar-refractivity contribution in [1.82, 2.24) is 15.5 Å². The molecule has 1 aliphatic heterocycles. The molecule has 0 unspecified atom stereocenters. The lowest BCUT2D eigenvalue weighted by atomic mass is 9.88. The molecule has 2 aromatic rings. The van der Waals surface area contributed by atoms with E-state index in [9.17, 15) is 14.4 Å². The summed E-state index contributed by atoms with van der Waals surface area (Å²) < 4.78 is 5.14. The summed E-state index contributed by atoms with van der Waals surface area (Å²) in [7, 11) is 1.56. The average Bonchev–Trinajstić information content (AvgIpc) is 2.86. The SMILES string of the molecule is CCCNC(=O)[C@H](NC(=O)c1ccc(OC)cc1)C1CCN(C(=O)c2ccc(Cl)cc2)CC1. The van der Waals surface area contributed by atoms with Gasteiger partial charge in [-0.15, -0.1) is 0 Å². The summed E-state index contributed by atoms with van der Waals surface area (Å²) in [5.74, 6) is 0.0226. The minimum Gasteiger partial charge on any atom is -0.497 e. The van der Waals surface area contributed by atoms with Crippen LogP contribution in [0.5, 0.6) is 5.75 Å². The molecular formula is C25H30ClN3O4. The van der Waals surface area contributed by atoms with Crippen molar-refractivity contribution in [3.63, 3.8) is 0 Å². The first kappa shape index (κ1) is 24.6. The van der Waals surface area contributed by atoms with Gasteiger partial charge in [0, 0.05) is 35.8 Å². The number of carbonyl (C=O) groups is 3. The molecular weight excluding hydrogens is 442 g/mol. The lowest BCUT2D eigenvalue weighted by Crippen LogP contribution is -2.54. The molecule has 1 aliphatic rings. The summed E-state index contributed by atoms with van der Waals surface area (Å²) >= 11 is 5.92. The zero-order chi connectivity index (χ0) is 23.8.